The largest absolute Gasteiger partial charge is 0.461 e. The Morgan fingerprint density at radius 2 is 2.30 bits per heavy atom. The smallest absolute Gasteiger partial charge is 0.223 e. The van der Waals surface area contributed by atoms with Crippen molar-refractivity contribution in [3.05, 3.63) is 36.1 Å². The molecule has 0 spiro atoms. The van der Waals surface area contributed by atoms with Gasteiger partial charge in [0, 0.05) is 43.9 Å². The zero-order valence-corrected chi connectivity index (χ0v) is 11.8. The number of amides is 1. The molecule has 0 radical (unpaired) electrons. The van der Waals surface area contributed by atoms with Gasteiger partial charge in [-0.05, 0) is 19.1 Å². The van der Waals surface area contributed by atoms with Crippen LogP contribution in [0.2, 0.25) is 0 Å². The first-order valence-electron chi connectivity index (χ1n) is 7.21. The second kappa shape index (κ2) is 5.67. The van der Waals surface area contributed by atoms with Crippen molar-refractivity contribution in [3.63, 3.8) is 0 Å². The highest BCUT2D eigenvalue weighted by Gasteiger charge is 2.22. The number of piperazine rings is 1. The topological polar surface area (TPSA) is 45.5 Å². The molecule has 0 aliphatic carbocycles. The molecule has 1 aromatic carbocycles. The number of benzene rings is 1. The van der Waals surface area contributed by atoms with Crippen LogP contribution in [0, 0.1) is 0 Å². The highest BCUT2D eigenvalue weighted by atomic mass is 16.3. The number of carbonyl (C=O) groups excluding carboxylic acids is 1. The molecule has 2 aromatic rings. The fourth-order valence-corrected chi connectivity index (χ4v) is 2.75. The van der Waals surface area contributed by atoms with Gasteiger partial charge < -0.3 is 14.6 Å². The fourth-order valence-electron chi connectivity index (χ4n) is 2.75. The molecule has 0 saturated carbocycles. The number of fused-ring (bicyclic) bond motifs is 1. The van der Waals surface area contributed by atoms with Crippen LogP contribution in [0.15, 0.2) is 34.7 Å². The molecular formula is C16H20N2O2. The Labute approximate surface area is 118 Å². The van der Waals surface area contributed by atoms with Gasteiger partial charge in [-0.2, -0.15) is 0 Å². The molecule has 0 bridgehead atoms. The van der Waals surface area contributed by atoms with Gasteiger partial charge in [0.15, 0.2) is 0 Å². The van der Waals surface area contributed by atoms with Crippen LogP contribution in [0.4, 0.5) is 0 Å². The lowest BCUT2D eigenvalue weighted by atomic mass is 10.1. The van der Waals surface area contributed by atoms with Gasteiger partial charge in [-0.1, -0.05) is 18.2 Å². The molecule has 106 valence electrons. The molecule has 1 aliphatic heterocycles. The minimum atomic E-state index is 0.222. The van der Waals surface area contributed by atoms with Crippen molar-refractivity contribution in [2.45, 2.75) is 25.8 Å². The van der Waals surface area contributed by atoms with E-state index >= 15 is 0 Å². The van der Waals surface area contributed by atoms with Gasteiger partial charge in [-0.3, -0.25) is 4.79 Å². The van der Waals surface area contributed by atoms with E-state index in [4.69, 9.17) is 4.42 Å². The lowest BCUT2D eigenvalue weighted by Crippen LogP contribution is -2.52. The molecule has 1 atom stereocenters. The monoisotopic (exact) mass is 272 g/mol. The van der Waals surface area contributed by atoms with E-state index in [0.29, 0.717) is 12.8 Å². The van der Waals surface area contributed by atoms with E-state index in [1.807, 2.05) is 35.2 Å². The van der Waals surface area contributed by atoms with Crippen LogP contribution < -0.4 is 5.32 Å². The molecule has 1 aromatic heterocycles. The summed E-state index contributed by atoms with van der Waals surface area (Å²) in [6.07, 6.45) is 1.19. The summed E-state index contributed by atoms with van der Waals surface area (Å²) in [4.78, 5) is 14.2. The predicted molar refractivity (Wildman–Crippen MR) is 78.6 cm³/mol. The molecule has 1 fully saturated rings. The highest BCUT2D eigenvalue weighted by Crippen LogP contribution is 2.20. The SMILES string of the molecule is C[C@@H]1CNCCN1C(=O)CCc1cc2ccccc2o1. The third kappa shape index (κ3) is 2.70. The normalized spacial score (nSPS) is 19.4. The Hall–Kier alpha value is -1.81. The van der Waals surface area contributed by atoms with Crippen LogP contribution in [0.25, 0.3) is 11.0 Å². The average Bonchev–Trinajstić information content (AvgIpc) is 2.88. The van der Waals surface area contributed by atoms with Crippen LogP contribution in [0.5, 0.6) is 0 Å². The van der Waals surface area contributed by atoms with Gasteiger partial charge >= 0.3 is 0 Å². The summed E-state index contributed by atoms with van der Waals surface area (Å²) >= 11 is 0. The Morgan fingerprint density at radius 1 is 1.45 bits per heavy atom. The molecular weight excluding hydrogens is 252 g/mol. The second-order valence-corrected chi connectivity index (χ2v) is 5.39. The van der Waals surface area contributed by atoms with Gasteiger partial charge in [-0.25, -0.2) is 0 Å². The summed E-state index contributed by atoms with van der Waals surface area (Å²) in [5.41, 5.74) is 0.894. The first kappa shape index (κ1) is 13.2. The Bertz CT molecular complexity index is 572. The number of para-hydroxylation sites is 1. The molecule has 1 N–H and O–H groups in total. The second-order valence-electron chi connectivity index (χ2n) is 5.39. The number of carbonyl (C=O) groups is 1. The maximum atomic E-state index is 12.3. The van der Waals surface area contributed by atoms with Crippen LogP contribution in [-0.4, -0.2) is 36.5 Å². The summed E-state index contributed by atoms with van der Waals surface area (Å²) in [6, 6.07) is 10.3. The maximum absolute atomic E-state index is 12.3. The first-order chi connectivity index (χ1) is 9.74. The molecule has 1 saturated heterocycles. The number of furan rings is 1. The highest BCUT2D eigenvalue weighted by molar-refractivity contribution is 5.79. The summed E-state index contributed by atoms with van der Waals surface area (Å²) in [7, 11) is 0. The van der Waals surface area contributed by atoms with Crippen LogP contribution in [0.3, 0.4) is 0 Å². The van der Waals surface area contributed by atoms with E-state index in [0.717, 1.165) is 36.4 Å². The minimum Gasteiger partial charge on any atom is -0.461 e. The molecule has 4 heteroatoms. The van der Waals surface area contributed by atoms with Gasteiger partial charge in [0.2, 0.25) is 5.91 Å². The van der Waals surface area contributed by atoms with Gasteiger partial charge in [0.05, 0.1) is 0 Å². The van der Waals surface area contributed by atoms with Crippen molar-refractivity contribution >= 4 is 16.9 Å². The summed E-state index contributed by atoms with van der Waals surface area (Å²) < 4.78 is 5.75. The Balaban J connectivity index is 1.62. The molecule has 2 heterocycles. The van der Waals surface area contributed by atoms with Crippen LogP contribution in [0.1, 0.15) is 19.1 Å². The van der Waals surface area contributed by atoms with E-state index in [2.05, 4.69) is 12.2 Å². The van der Waals surface area contributed by atoms with Gasteiger partial charge in [0.1, 0.15) is 11.3 Å². The quantitative estimate of drug-likeness (QED) is 0.931. The number of nitrogens with zero attached hydrogens (tertiary/aromatic N) is 1. The first-order valence-corrected chi connectivity index (χ1v) is 7.21. The Morgan fingerprint density at radius 3 is 3.10 bits per heavy atom. The fraction of sp³-hybridized carbons (Fsp3) is 0.438. The van der Waals surface area contributed by atoms with Crippen molar-refractivity contribution in [3.8, 4) is 0 Å². The van der Waals surface area contributed by atoms with Crippen LogP contribution in [-0.2, 0) is 11.2 Å². The average molecular weight is 272 g/mol. The van der Waals surface area contributed by atoms with E-state index in [1.165, 1.54) is 0 Å². The number of nitrogens with one attached hydrogen (secondary N) is 1. The van der Waals surface area contributed by atoms with Crippen molar-refractivity contribution in [1.82, 2.24) is 10.2 Å². The zero-order valence-electron chi connectivity index (χ0n) is 11.8. The molecule has 0 unspecified atom stereocenters. The van der Waals surface area contributed by atoms with E-state index < -0.39 is 0 Å². The Kier molecular flexibility index (Phi) is 3.74. The number of hydrogen-bond donors (Lipinski definition) is 1. The summed E-state index contributed by atoms with van der Waals surface area (Å²) in [5, 5.41) is 4.40. The van der Waals surface area contributed by atoms with Gasteiger partial charge in [-0.15, -0.1) is 0 Å². The molecule has 1 aliphatic rings. The standard InChI is InChI=1S/C16H20N2O2/c1-12-11-17-8-9-18(12)16(19)7-6-14-10-13-4-2-3-5-15(13)20-14/h2-5,10,12,17H,6-9,11H2,1H3/t12-/m1/s1. The third-order valence-corrected chi connectivity index (χ3v) is 3.88. The van der Waals surface area contributed by atoms with Crippen molar-refractivity contribution in [2.75, 3.05) is 19.6 Å². The molecule has 1 amide bonds. The molecule has 3 rings (SSSR count). The number of rotatable bonds is 3. The van der Waals surface area contributed by atoms with Crippen LogP contribution >= 0.6 is 0 Å². The number of hydrogen-bond acceptors (Lipinski definition) is 3. The van der Waals surface area contributed by atoms with E-state index in [-0.39, 0.29) is 11.9 Å². The zero-order chi connectivity index (χ0) is 13.9. The van der Waals surface area contributed by atoms with Gasteiger partial charge in [0.25, 0.3) is 0 Å². The summed E-state index contributed by atoms with van der Waals surface area (Å²) in [5.74, 6) is 1.11. The van der Waals surface area contributed by atoms with E-state index in [9.17, 15) is 4.79 Å². The lowest BCUT2D eigenvalue weighted by Gasteiger charge is -2.34. The molecule has 4 nitrogen and oxygen atoms in total. The third-order valence-electron chi connectivity index (χ3n) is 3.88. The lowest BCUT2D eigenvalue weighted by molar-refractivity contribution is -0.133. The minimum absolute atomic E-state index is 0.222. The van der Waals surface area contributed by atoms with Crippen molar-refractivity contribution in [2.24, 2.45) is 0 Å². The number of aryl methyl sites for hydroxylation is 1. The molecule has 20 heavy (non-hydrogen) atoms. The predicted octanol–water partition coefficient (Wildman–Crippen LogP) is 2.19. The maximum Gasteiger partial charge on any atom is 0.223 e. The van der Waals surface area contributed by atoms with Crippen molar-refractivity contribution in [1.29, 1.82) is 0 Å². The van der Waals surface area contributed by atoms with E-state index in [1.54, 1.807) is 0 Å². The summed E-state index contributed by atoms with van der Waals surface area (Å²) in [6.45, 7) is 4.67. The van der Waals surface area contributed by atoms with Crippen molar-refractivity contribution < 1.29 is 9.21 Å².